The van der Waals surface area contributed by atoms with Gasteiger partial charge >= 0.3 is 0 Å². The summed E-state index contributed by atoms with van der Waals surface area (Å²) < 4.78 is 11.0. The van der Waals surface area contributed by atoms with Gasteiger partial charge in [-0.15, -0.1) is 11.3 Å². The van der Waals surface area contributed by atoms with E-state index in [0.717, 1.165) is 28.4 Å². The van der Waals surface area contributed by atoms with Crippen molar-refractivity contribution in [3.63, 3.8) is 0 Å². The monoisotopic (exact) mass is 303 g/mol. The van der Waals surface area contributed by atoms with E-state index in [4.69, 9.17) is 20.6 Å². The maximum Gasteiger partial charge on any atom is 0.161 e. The van der Waals surface area contributed by atoms with Gasteiger partial charge in [0.25, 0.3) is 0 Å². The number of rotatable bonds is 6. The van der Waals surface area contributed by atoms with Crippen LogP contribution in [-0.4, -0.2) is 17.9 Å². The number of nitrogens with zero attached hydrogens (tertiary/aromatic N) is 1. The minimum absolute atomic E-state index is 0.0953. The minimum Gasteiger partial charge on any atom is -0.493 e. The number of para-hydroxylation sites is 2. The molecule has 0 atom stereocenters. The van der Waals surface area contributed by atoms with Gasteiger partial charge in [0, 0.05) is 5.92 Å². The summed E-state index contributed by atoms with van der Waals surface area (Å²) in [7, 11) is 1.62. The highest BCUT2D eigenvalue weighted by Crippen LogP contribution is 2.42. The number of benzene rings is 1. The van der Waals surface area contributed by atoms with Gasteiger partial charge in [-0.3, -0.25) is 5.41 Å². The first-order valence-corrected chi connectivity index (χ1v) is 7.60. The van der Waals surface area contributed by atoms with Gasteiger partial charge in [-0.05, 0) is 25.0 Å². The summed E-state index contributed by atoms with van der Waals surface area (Å²) >= 11 is 1.44. The zero-order chi connectivity index (χ0) is 14.8. The van der Waals surface area contributed by atoms with Crippen LogP contribution in [0.1, 0.15) is 34.3 Å². The molecule has 1 saturated carbocycles. The minimum atomic E-state index is 0.0953. The molecule has 0 saturated heterocycles. The molecule has 2 aromatic rings. The Morgan fingerprint density at radius 1 is 1.38 bits per heavy atom. The summed E-state index contributed by atoms with van der Waals surface area (Å²) in [6.45, 7) is 0.359. The van der Waals surface area contributed by atoms with Crippen LogP contribution in [0, 0.1) is 5.41 Å². The second-order valence-electron chi connectivity index (χ2n) is 4.95. The summed E-state index contributed by atoms with van der Waals surface area (Å²) in [6, 6.07) is 7.51. The molecule has 110 valence electrons. The summed E-state index contributed by atoms with van der Waals surface area (Å²) in [5, 5.41) is 8.50. The van der Waals surface area contributed by atoms with Gasteiger partial charge in [0.15, 0.2) is 11.5 Å². The molecule has 0 amide bonds. The summed E-state index contributed by atoms with van der Waals surface area (Å²) in [5.74, 6) is 1.95. The molecule has 5 nitrogen and oxygen atoms in total. The molecule has 1 aliphatic carbocycles. The summed E-state index contributed by atoms with van der Waals surface area (Å²) in [6.07, 6.45) is 2.27. The molecule has 1 aromatic heterocycles. The zero-order valence-electron chi connectivity index (χ0n) is 11.8. The lowest BCUT2D eigenvalue weighted by atomic mass is 10.2. The highest BCUT2D eigenvalue weighted by Gasteiger charge is 2.30. The standard InChI is InChI=1S/C15H17N3O2S/c1-19-10-4-2-3-5-11(10)20-8-12-18-13(9-6-7-9)14(21-12)15(16)17/h2-5,9H,6-8H2,1H3,(H3,16,17). The topological polar surface area (TPSA) is 81.2 Å². The van der Waals surface area contributed by atoms with Gasteiger partial charge in [0.2, 0.25) is 0 Å². The Morgan fingerprint density at radius 3 is 2.71 bits per heavy atom. The zero-order valence-corrected chi connectivity index (χ0v) is 12.6. The molecule has 3 rings (SSSR count). The Bertz CT molecular complexity index is 665. The Morgan fingerprint density at radius 2 is 2.10 bits per heavy atom. The van der Waals surface area contributed by atoms with E-state index in [0.29, 0.717) is 24.0 Å². The number of thiazole rings is 1. The SMILES string of the molecule is COc1ccccc1OCc1nc(C2CC2)c(C(=N)N)s1. The smallest absolute Gasteiger partial charge is 0.161 e. The van der Waals surface area contributed by atoms with Gasteiger partial charge in [-0.25, -0.2) is 4.98 Å². The van der Waals surface area contributed by atoms with E-state index >= 15 is 0 Å². The van der Waals surface area contributed by atoms with Crippen LogP contribution in [0.3, 0.4) is 0 Å². The normalized spacial score (nSPS) is 14.0. The van der Waals surface area contributed by atoms with Crippen molar-refractivity contribution < 1.29 is 9.47 Å². The van der Waals surface area contributed by atoms with Crippen molar-refractivity contribution in [2.75, 3.05) is 7.11 Å². The third kappa shape index (κ3) is 3.00. The molecule has 0 bridgehead atoms. The Kier molecular flexibility index (Phi) is 3.79. The first-order chi connectivity index (χ1) is 10.2. The van der Waals surface area contributed by atoms with Gasteiger partial charge in [0.1, 0.15) is 17.5 Å². The predicted molar refractivity (Wildman–Crippen MR) is 82.4 cm³/mol. The van der Waals surface area contributed by atoms with Crippen LogP contribution in [0.2, 0.25) is 0 Å². The van der Waals surface area contributed by atoms with Crippen LogP contribution in [0.15, 0.2) is 24.3 Å². The van der Waals surface area contributed by atoms with Crippen LogP contribution in [-0.2, 0) is 6.61 Å². The fourth-order valence-corrected chi connectivity index (χ4v) is 3.07. The molecule has 0 unspecified atom stereocenters. The van der Waals surface area contributed by atoms with E-state index in [2.05, 4.69) is 4.98 Å². The largest absolute Gasteiger partial charge is 0.493 e. The number of amidine groups is 1. The molecule has 0 spiro atoms. The fraction of sp³-hybridized carbons (Fsp3) is 0.333. The van der Waals surface area contributed by atoms with E-state index in [1.165, 1.54) is 11.3 Å². The molecule has 0 radical (unpaired) electrons. The van der Waals surface area contributed by atoms with Crippen LogP contribution in [0.5, 0.6) is 11.5 Å². The number of aromatic nitrogens is 1. The average Bonchev–Trinajstić information content (AvgIpc) is 3.25. The van der Waals surface area contributed by atoms with Gasteiger partial charge in [-0.2, -0.15) is 0 Å². The number of nitrogens with one attached hydrogen (secondary N) is 1. The maximum atomic E-state index is 7.66. The molecular formula is C15H17N3O2S. The molecular weight excluding hydrogens is 286 g/mol. The Labute approximate surface area is 127 Å². The van der Waals surface area contributed by atoms with Gasteiger partial charge in [0.05, 0.1) is 17.7 Å². The second-order valence-corrected chi connectivity index (χ2v) is 6.03. The van der Waals surface area contributed by atoms with Crippen molar-refractivity contribution in [2.45, 2.75) is 25.4 Å². The second kappa shape index (κ2) is 5.73. The highest BCUT2D eigenvalue weighted by molar-refractivity contribution is 7.13. The quantitative estimate of drug-likeness (QED) is 0.635. The van der Waals surface area contributed by atoms with Crippen LogP contribution >= 0.6 is 11.3 Å². The van der Waals surface area contributed by atoms with E-state index in [-0.39, 0.29) is 5.84 Å². The number of methoxy groups -OCH3 is 1. The Balaban J connectivity index is 1.76. The van der Waals surface area contributed by atoms with Gasteiger partial charge < -0.3 is 15.2 Å². The van der Waals surface area contributed by atoms with Crippen molar-refractivity contribution >= 4 is 17.2 Å². The molecule has 6 heteroatoms. The van der Waals surface area contributed by atoms with E-state index in [9.17, 15) is 0 Å². The number of nitrogen functional groups attached to an aromatic ring is 1. The van der Waals surface area contributed by atoms with Crippen molar-refractivity contribution in [2.24, 2.45) is 5.73 Å². The first kappa shape index (κ1) is 13.9. The predicted octanol–water partition coefficient (Wildman–Crippen LogP) is 2.89. The van der Waals surface area contributed by atoms with Crippen molar-refractivity contribution in [3.05, 3.63) is 39.8 Å². The van der Waals surface area contributed by atoms with Crippen molar-refractivity contribution in [3.8, 4) is 11.5 Å². The summed E-state index contributed by atoms with van der Waals surface area (Å²) in [4.78, 5) is 5.38. The molecule has 1 heterocycles. The van der Waals surface area contributed by atoms with E-state index < -0.39 is 0 Å². The average molecular weight is 303 g/mol. The third-order valence-electron chi connectivity index (χ3n) is 3.33. The number of nitrogens with two attached hydrogens (primary N) is 1. The molecule has 0 aliphatic heterocycles. The van der Waals surface area contributed by atoms with Crippen LogP contribution < -0.4 is 15.2 Å². The highest BCUT2D eigenvalue weighted by atomic mass is 32.1. The molecule has 1 aliphatic rings. The lowest BCUT2D eigenvalue weighted by Crippen LogP contribution is -2.11. The molecule has 1 fully saturated rings. The van der Waals surface area contributed by atoms with Crippen molar-refractivity contribution in [1.29, 1.82) is 5.41 Å². The van der Waals surface area contributed by atoms with Crippen LogP contribution in [0.4, 0.5) is 0 Å². The first-order valence-electron chi connectivity index (χ1n) is 6.79. The number of hydrogen-bond acceptors (Lipinski definition) is 5. The lowest BCUT2D eigenvalue weighted by molar-refractivity contribution is 0.284. The summed E-state index contributed by atoms with van der Waals surface area (Å²) in [5.41, 5.74) is 6.60. The third-order valence-corrected chi connectivity index (χ3v) is 4.40. The number of hydrogen-bond donors (Lipinski definition) is 2. The Hall–Kier alpha value is -2.08. The van der Waals surface area contributed by atoms with Crippen LogP contribution in [0.25, 0.3) is 0 Å². The van der Waals surface area contributed by atoms with Gasteiger partial charge in [-0.1, -0.05) is 12.1 Å². The van der Waals surface area contributed by atoms with E-state index in [1.54, 1.807) is 7.11 Å². The fourth-order valence-electron chi connectivity index (χ4n) is 2.14. The lowest BCUT2D eigenvalue weighted by Gasteiger charge is -2.08. The maximum absolute atomic E-state index is 7.66. The van der Waals surface area contributed by atoms with Crippen molar-refractivity contribution in [1.82, 2.24) is 4.98 Å². The molecule has 3 N–H and O–H groups in total. The number of ether oxygens (including phenoxy) is 2. The molecule has 1 aromatic carbocycles. The van der Waals surface area contributed by atoms with E-state index in [1.807, 2.05) is 24.3 Å². The molecule has 21 heavy (non-hydrogen) atoms.